The fraction of sp³-hybridized carbons (Fsp3) is 0.304. The molecule has 0 aliphatic rings. The Kier molecular flexibility index (Phi) is 5.38. The molecular formula is C23H24O6. The minimum atomic E-state index is -1.03. The van der Waals surface area contributed by atoms with E-state index in [2.05, 4.69) is 6.07 Å². The second-order valence-electron chi connectivity index (χ2n) is 7.87. The summed E-state index contributed by atoms with van der Waals surface area (Å²) in [6.07, 6.45) is 1.28. The molecule has 0 saturated carbocycles. The summed E-state index contributed by atoms with van der Waals surface area (Å²) in [7, 11) is 0. The summed E-state index contributed by atoms with van der Waals surface area (Å²) >= 11 is 0. The predicted molar refractivity (Wildman–Crippen MR) is 110 cm³/mol. The molecule has 3 aromatic rings. The highest BCUT2D eigenvalue weighted by Crippen LogP contribution is 2.29. The number of carbonyl (C=O) groups is 1. The normalized spacial score (nSPS) is 11.5. The first-order valence-electron chi connectivity index (χ1n) is 9.26. The largest absolute Gasteiger partial charge is 0.492 e. The number of carboxylic acid groups (broad SMARTS) is 1. The number of ether oxygens (including phenoxy) is 2. The lowest BCUT2D eigenvalue weighted by atomic mass is 9.95. The van der Waals surface area contributed by atoms with Gasteiger partial charge in [-0.25, -0.2) is 0 Å². The van der Waals surface area contributed by atoms with E-state index in [1.54, 1.807) is 32.0 Å². The van der Waals surface area contributed by atoms with E-state index >= 15 is 0 Å². The molecule has 0 aliphatic carbocycles. The third-order valence-corrected chi connectivity index (χ3v) is 4.88. The van der Waals surface area contributed by atoms with Gasteiger partial charge in [-0.05, 0) is 69.5 Å². The Morgan fingerprint density at radius 1 is 1.10 bits per heavy atom. The van der Waals surface area contributed by atoms with E-state index in [0.29, 0.717) is 22.5 Å². The summed E-state index contributed by atoms with van der Waals surface area (Å²) in [6, 6.07) is 8.71. The van der Waals surface area contributed by atoms with Gasteiger partial charge in [-0.2, -0.15) is 0 Å². The van der Waals surface area contributed by atoms with Gasteiger partial charge in [0, 0.05) is 6.07 Å². The quantitative estimate of drug-likeness (QED) is 0.631. The molecule has 1 heterocycles. The zero-order chi connectivity index (χ0) is 21.3. The van der Waals surface area contributed by atoms with Crippen molar-refractivity contribution in [3.63, 3.8) is 0 Å². The number of hydrogen-bond donors (Lipinski definition) is 1. The smallest absolute Gasteiger partial charge is 0.312 e. The Hall–Kier alpha value is -3.28. The van der Waals surface area contributed by atoms with Gasteiger partial charge in [-0.1, -0.05) is 6.07 Å². The number of benzene rings is 2. The minimum Gasteiger partial charge on any atom is -0.492 e. The van der Waals surface area contributed by atoms with Gasteiger partial charge in [0.05, 0.1) is 10.8 Å². The molecule has 3 rings (SSSR count). The molecule has 29 heavy (non-hydrogen) atoms. The van der Waals surface area contributed by atoms with Crippen LogP contribution in [-0.2, 0) is 4.79 Å². The molecule has 6 nitrogen and oxygen atoms in total. The lowest BCUT2D eigenvalue weighted by Gasteiger charge is -2.19. The maximum atomic E-state index is 12.8. The zero-order valence-electron chi connectivity index (χ0n) is 17.2. The standard InChI is InChI=1S/C23H24O6/c1-13-8-14(2)15(3)18(9-13)29-20-11-27-19-10-16(6-7-17(19)21(20)24)28-12-23(4,5)22(25)26/h6-11H,12H2,1-5H3,(H,25,26). The van der Waals surface area contributed by atoms with Gasteiger partial charge in [0.15, 0.2) is 0 Å². The van der Waals surface area contributed by atoms with Gasteiger partial charge in [0.25, 0.3) is 0 Å². The molecule has 0 spiro atoms. The summed E-state index contributed by atoms with van der Waals surface area (Å²) in [5.41, 5.74) is 2.10. The van der Waals surface area contributed by atoms with Crippen LogP contribution in [0.1, 0.15) is 30.5 Å². The Morgan fingerprint density at radius 2 is 1.83 bits per heavy atom. The third kappa shape index (κ3) is 4.26. The molecule has 6 heteroatoms. The van der Waals surface area contributed by atoms with Crippen molar-refractivity contribution in [1.82, 2.24) is 0 Å². The highest BCUT2D eigenvalue weighted by Gasteiger charge is 2.28. The number of fused-ring (bicyclic) bond motifs is 1. The van der Waals surface area contributed by atoms with Crippen LogP contribution in [0, 0.1) is 26.2 Å². The molecule has 0 fully saturated rings. The summed E-state index contributed by atoms with van der Waals surface area (Å²) in [4.78, 5) is 24.0. The Balaban J connectivity index is 1.89. The van der Waals surface area contributed by atoms with Crippen LogP contribution in [0.2, 0.25) is 0 Å². The van der Waals surface area contributed by atoms with E-state index in [9.17, 15) is 14.7 Å². The lowest BCUT2D eigenvalue weighted by Crippen LogP contribution is -2.30. The maximum Gasteiger partial charge on any atom is 0.312 e. The summed E-state index contributed by atoms with van der Waals surface area (Å²) in [5.74, 6) is 0.193. The van der Waals surface area contributed by atoms with Crippen molar-refractivity contribution in [1.29, 1.82) is 0 Å². The number of aliphatic carboxylic acids is 1. The van der Waals surface area contributed by atoms with Crippen LogP contribution in [0.15, 0.2) is 45.8 Å². The van der Waals surface area contributed by atoms with Gasteiger partial charge in [0.1, 0.15) is 30.0 Å². The van der Waals surface area contributed by atoms with Crippen LogP contribution >= 0.6 is 0 Å². The zero-order valence-corrected chi connectivity index (χ0v) is 17.2. The minimum absolute atomic E-state index is 0.00868. The van der Waals surface area contributed by atoms with E-state index in [1.807, 2.05) is 26.8 Å². The first kappa shape index (κ1) is 20.5. The molecule has 2 aromatic carbocycles. The molecule has 0 unspecified atom stereocenters. The maximum absolute atomic E-state index is 12.8. The van der Waals surface area contributed by atoms with E-state index in [-0.39, 0.29) is 17.8 Å². The number of rotatable bonds is 6. The molecule has 0 aliphatic heterocycles. The number of aryl methyl sites for hydroxylation is 2. The number of hydrogen-bond acceptors (Lipinski definition) is 5. The van der Waals surface area contributed by atoms with Gasteiger partial charge >= 0.3 is 5.97 Å². The summed E-state index contributed by atoms with van der Waals surface area (Å²) in [6.45, 7) is 9.05. The van der Waals surface area contributed by atoms with Crippen LogP contribution in [0.25, 0.3) is 11.0 Å². The van der Waals surface area contributed by atoms with Gasteiger partial charge in [-0.3, -0.25) is 9.59 Å². The fourth-order valence-electron chi connectivity index (χ4n) is 2.80. The molecule has 0 saturated heterocycles. The van der Waals surface area contributed by atoms with Crippen molar-refractivity contribution in [3.8, 4) is 17.2 Å². The lowest BCUT2D eigenvalue weighted by molar-refractivity contribution is -0.148. The second-order valence-corrected chi connectivity index (χ2v) is 7.87. The Labute approximate surface area is 168 Å². The molecular weight excluding hydrogens is 372 g/mol. The number of carboxylic acids is 1. The second kappa shape index (κ2) is 7.62. The predicted octanol–water partition coefficient (Wildman–Crippen LogP) is 5.00. The van der Waals surface area contributed by atoms with Gasteiger partial charge in [-0.15, -0.1) is 0 Å². The van der Waals surface area contributed by atoms with Crippen LogP contribution in [-0.4, -0.2) is 17.7 Å². The van der Waals surface area contributed by atoms with Crippen molar-refractivity contribution in [3.05, 3.63) is 63.5 Å². The van der Waals surface area contributed by atoms with Crippen molar-refractivity contribution >= 4 is 16.9 Å². The van der Waals surface area contributed by atoms with E-state index < -0.39 is 11.4 Å². The van der Waals surface area contributed by atoms with Crippen molar-refractivity contribution in [2.24, 2.45) is 5.41 Å². The third-order valence-electron chi connectivity index (χ3n) is 4.88. The van der Waals surface area contributed by atoms with E-state index in [4.69, 9.17) is 13.9 Å². The molecule has 1 aromatic heterocycles. The first-order valence-corrected chi connectivity index (χ1v) is 9.26. The molecule has 1 N–H and O–H groups in total. The monoisotopic (exact) mass is 396 g/mol. The van der Waals surface area contributed by atoms with E-state index in [1.165, 1.54) is 6.26 Å². The highest BCUT2D eigenvalue weighted by molar-refractivity contribution is 5.79. The Bertz CT molecular complexity index is 1140. The summed E-state index contributed by atoms with van der Waals surface area (Å²) < 4.78 is 17.0. The molecule has 0 atom stereocenters. The fourth-order valence-corrected chi connectivity index (χ4v) is 2.80. The topological polar surface area (TPSA) is 86.0 Å². The van der Waals surface area contributed by atoms with Crippen LogP contribution < -0.4 is 14.9 Å². The highest BCUT2D eigenvalue weighted by atomic mass is 16.5. The van der Waals surface area contributed by atoms with Crippen LogP contribution in [0.5, 0.6) is 17.2 Å². The SMILES string of the molecule is Cc1cc(C)c(C)c(Oc2coc3cc(OCC(C)(C)C(=O)O)ccc3c2=O)c1. The first-order chi connectivity index (χ1) is 13.6. The molecule has 152 valence electrons. The van der Waals surface area contributed by atoms with Crippen molar-refractivity contribution < 1.29 is 23.8 Å². The Morgan fingerprint density at radius 3 is 2.52 bits per heavy atom. The molecule has 0 amide bonds. The van der Waals surface area contributed by atoms with Crippen LogP contribution in [0.4, 0.5) is 0 Å². The average Bonchev–Trinajstić information content (AvgIpc) is 2.66. The van der Waals surface area contributed by atoms with Crippen LogP contribution in [0.3, 0.4) is 0 Å². The summed E-state index contributed by atoms with van der Waals surface area (Å²) in [5, 5.41) is 9.53. The van der Waals surface area contributed by atoms with E-state index in [0.717, 1.165) is 16.7 Å². The van der Waals surface area contributed by atoms with Crippen molar-refractivity contribution in [2.75, 3.05) is 6.61 Å². The molecule has 0 radical (unpaired) electrons. The van der Waals surface area contributed by atoms with Gasteiger partial charge < -0.3 is 19.0 Å². The van der Waals surface area contributed by atoms with Gasteiger partial charge in [0.2, 0.25) is 11.2 Å². The molecule has 0 bridgehead atoms. The van der Waals surface area contributed by atoms with Crippen molar-refractivity contribution in [2.45, 2.75) is 34.6 Å². The average molecular weight is 396 g/mol.